The highest BCUT2D eigenvalue weighted by molar-refractivity contribution is 6.04. The molecular formula is C26H24F4N4O3. The van der Waals surface area contributed by atoms with Crippen molar-refractivity contribution in [3.05, 3.63) is 71.3 Å². The molecule has 2 atom stereocenters. The van der Waals surface area contributed by atoms with Gasteiger partial charge in [-0.15, -0.1) is 0 Å². The summed E-state index contributed by atoms with van der Waals surface area (Å²) in [5.74, 6) is -7.20. The number of nitrogens with one attached hydrogen (secondary N) is 1. The van der Waals surface area contributed by atoms with Crippen LogP contribution in [0.4, 0.5) is 28.9 Å². The minimum Gasteiger partial charge on any atom is -0.380 e. The zero-order chi connectivity index (χ0) is 26.5. The number of aryl methyl sites for hydroxylation is 1. The normalized spacial score (nSPS) is 20.7. The molecule has 1 saturated heterocycles. The molecule has 0 saturated carbocycles. The highest BCUT2D eigenvalue weighted by atomic mass is 19.3. The number of hydrogen-bond donors (Lipinski definition) is 2. The SMILES string of the molecule is Cc1ccc(NC(=O)c2ccnc(C(C)(F)F)c2)cc1-c1cnc2c(c1)N1CCOCC1C(F)(F)[C@@H]2O. The Labute approximate surface area is 210 Å². The molecule has 0 aliphatic carbocycles. The van der Waals surface area contributed by atoms with Crippen LogP contribution in [0.2, 0.25) is 0 Å². The lowest BCUT2D eigenvalue weighted by Crippen LogP contribution is -2.60. The van der Waals surface area contributed by atoms with Gasteiger partial charge in [-0.2, -0.15) is 8.78 Å². The molecule has 2 aliphatic heterocycles. The maximum Gasteiger partial charge on any atom is 0.301 e. The van der Waals surface area contributed by atoms with E-state index < -0.39 is 35.6 Å². The zero-order valence-corrected chi connectivity index (χ0v) is 20.0. The number of nitrogens with zero attached hydrogens (tertiary/aromatic N) is 3. The van der Waals surface area contributed by atoms with Crippen LogP contribution in [-0.4, -0.2) is 52.7 Å². The average molecular weight is 516 g/mol. The van der Waals surface area contributed by atoms with Gasteiger partial charge in [0.2, 0.25) is 0 Å². The van der Waals surface area contributed by atoms with Gasteiger partial charge in [0, 0.05) is 42.7 Å². The minimum absolute atomic E-state index is 0.0253. The van der Waals surface area contributed by atoms with E-state index in [1.54, 1.807) is 24.3 Å². The van der Waals surface area contributed by atoms with Crippen LogP contribution < -0.4 is 10.2 Å². The van der Waals surface area contributed by atoms with Crippen molar-refractivity contribution >= 4 is 17.3 Å². The molecule has 11 heteroatoms. The highest BCUT2D eigenvalue weighted by Gasteiger charge is 2.56. The predicted molar refractivity (Wildman–Crippen MR) is 128 cm³/mol. The number of carbonyl (C=O) groups excluding carboxylic acids is 1. The molecule has 5 rings (SSSR count). The van der Waals surface area contributed by atoms with Crippen LogP contribution in [-0.2, 0) is 10.7 Å². The molecule has 1 aromatic carbocycles. The number of aromatic nitrogens is 2. The number of carbonyl (C=O) groups is 1. The van der Waals surface area contributed by atoms with E-state index in [9.17, 15) is 27.5 Å². The first-order valence-electron chi connectivity index (χ1n) is 11.6. The van der Waals surface area contributed by atoms with Crippen LogP contribution in [0.15, 0.2) is 48.8 Å². The number of ether oxygens (including phenoxy) is 1. The van der Waals surface area contributed by atoms with Gasteiger partial charge in [-0.3, -0.25) is 14.8 Å². The quantitative estimate of drug-likeness (QED) is 0.489. The monoisotopic (exact) mass is 516 g/mol. The summed E-state index contributed by atoms with van der Waals surface area (Å²) in [5.41, 5.74) is 2.33. The molecule has 0 spiro atoms. The third-order valence-electron chi connectivity index (χ3n) is 6.68. The van der Waals surface area contributed by atoms with Gasteiger partial charge in [-0.05, 0) is 48.4 Å². The number of alkyl halides is 4. The van der Waals surface area contributed by atoms with Gasteiger partial charge < -0.3 is 20.1 Å². The molecule has 4 heterocycles. The Morgan fingerprint density at radius 2 is 2.00 bits per heavy atom. The van der Waals surface area contributed by atoms with Crippen molar-refractivity contribution in [2.45, 2.75) is 37.8 Å². The highest BCUT2D eigenvalue weighted by Crippen LogP contribution is 2.47. The van der Waals surface area contributed by atoms with Crippen molar-refractivity contribution in [2.24, 2.45) is 0 Å². The first-order chi connectivity index (χ1) is 17.5. The van der Waals surface area contributed by atoms with E-state index in [0.717, 1.165) is 17.8 Å². The fourth-order valence-electron chi connectivity index (χ4n) is 4.65. The molecule has 2 N–H and O–H groups in total. The summed E-state index contributed by atoms with van der Waals surface area (Å²) in [5, 5.41) is 13.1. The number of hydrogen-bond acceptors (Lipinski definition) is 6. The molecule has 37 heavy (non-hydrogen) atoms. The fraction of sp³-hybridized carbons (Fsp3) is 0.346. The van der Waals surface area contributed by atoms with E-state index in [1.165, 1.54) is 17.2 Å². The van der Waals surface area contributed by atoms with Crippen LogP contribution in [0.25, 0.3) is 11.1 Å². The molecule has 0 radical (unpaired) electrons. The largest absolute Gasteiger partial charge is 0.380 e. The second kappa shape index (κ2) is 9.07. The summed E-state index contributed by atoms with van der Waals surface area (Å²) >= 11 is 0. The number of halogens is 4. The molecule has 194 valence electrons. The van der Waals surface area contributed by atoms with Crippen LogP contribution in [0, 0.1) is 6.92 Å². The van der Waals surface area contributed by atoms with Crippen LogP contribution in [0.5, 0.6) is 0 Å². The number of pyridine rings is 2. The Bertz CT molecular complexity index is 1360. The van der Waals surface area contributed by atoms with Gasteiger partial charge in [0.05, 0.1) is 24.6 Å². The van der Waals surface area contributed by atoms with Crippen molar-refractivity contribution in [3.63, 3.8) is 0 Å². The van der Waals surface area contributed by atoms with Gasteiger partial charge >= 0.3 is 5.92 Å². The van der Waals surface area contributed by atoms with E-state index in [0.29, 0.717) is 29.4 Å². The first-order valence-corrected chi connectivity index (χ1v) is 11.6. The second-order valence-electron chi connectivity index (χ2n) is 9.29. The summed E-state index contributed by atoms with van der Waals surface area (Å²) in [4.78, 5) is 22.1. The summed E-state index contributed by atoms with van der Waals surface area (Å²) in [6.45, 7) is 2.84. The Morgan fingerprint density at radius 3 is 2.76 bits per heavy atom. The van der Waals surface area contributed by atoms with Crippen molar-refractivity contribution in [2.75, 3.05) is 30.0 Å². The van der Waals surface area contributed by atoms with Crippen molar-refractivity contribution < 1.29 is 32.2 Å². The Balaban J connectivity index is 1.47. The number of anilines is 2. The minimum atomic E-state index is -3.42. The third kappa shape index (κ3) is 4.53. The number of rotatable bonds is 4. The lowest BCUT2D eigenvalue weighted by atomic mass is 9.91. The van der Waals surface area contributed by atoms with Gasteiger partial charge in [-0.25, -0.2) is 8.78 Å². The van der Waals surface area contributed by atoms with E-state index in [2.05, 4.69) is 15.3 Å². The van der Waals surface area contributed by atoms with Crippen molar-refractivity contribution in [1.29, 1.82) is 0 Å². The van der Waals surface area contributed by atoms with Gasteiger partial charge in [-0.1, -0.05) is 6.07 Å². The Kier molecular flexibility index (Phi) is 6.15. The van der Waals surface area contributed by atoms with E-state index in [1.807, 2.05) is 6.92 Å². The maximum absolute atomic E-state index is 14.8. The molecule has 2 aromatic heterocycles. The van der Waals surface area contributed by atoms with E-state index in [-0.39, 0.29) is 31.0 Å². The van der Waals surface area contributed by atoms with Crippen LogP contribution >= 0.6 is 0 Å². The lowest BCUT2D eigenvalue weighted by Gasteiger charge is -2.47. The molecule has 1 amide bonds. The maximum atomic E-state index is 14.8. The summed E-state index contributed by atoms with van der Waals surface area (Å²) < 4.78 is 62.1. The van der Waals surface area contributed by atoms with Gasteiger partial charge in [0.15, 0.2) is 6.10 Å². The summed E-state index contributed by atoms with van der Waals surface area (Å²) in [7, 11) is 0. The molecule has 1 fully saturated rings. The first kappa shape index (κ1) is 25.1. The standard InChI is InChI=1S/C26H24F4N4O3/c1-14-3-4-17(33-24(36)15-5-6-31-20(10-15)25(2,27)28)11-18(14)16-9-19-22(32-12-16)23(35)26(29,30)21-13-37-8-7-34(19)21/h3-6,9-12,21,23,35H,7-8,13H2,1-2H3,(H,33,36)/t21?,23-/m1/s1. The second-order valence-corrected chi connectivity index (χ2v) is 9.29. The fourth-order valence-corrected chi connectivity index (χ4v) is 4.65. The number of benzene rings is 1. The smallest absolute Gasteiger partial charge is 0.301 e. The van der Waals surface area contributed by atoms with Crippen molar-refractivity contribution in [3.8, 4) is 11.1 Å². The predicted octanol–water partition coefficient (Wildman–Crippen LogP) is 4.70. The molecule has 2 aliphatic rings. The van der Waals surface area contributed by atoms with E-state index in [4.69, 9.17) is 4.74 Å². The zero-order valence-electron chi connectivity index (χ0n) is 20.0. The summed E-state index contributed by atoms with van der Waals surface area (Å²) in [6, 6.07) is 7.89. The number of aliphatic hydroxyl groups is 1. The van der Waals surface area contributed by atoms with Crippen molar-refractivity contribution in [1.82, 2.24) is 9.97 Å². The third-order valence-corrected chi connectivity index (χ3v) is 6.68. The van der Waals surface area contributed by atoms with Gasteiger partial charge in [0.25, 0.3) is 11.8 Å². The van der Waals surface area contributed by atoms with Gasteiger partial charge in [0.1, 0.15) is 11.7 Å². The Morgan fingerprint density at radius 1 is 1.22 bits per heavy atom. The molecule has 1 unspecified atom stereocenters. The molecule has 7 nitrogen and oxygen atoms in total. The number of aliphatic hydroxyl groups excluding tert-OH is 1. The topological polar surface area (TPSA) is 87.6 Å². The summed E-state index contributed by atoms with van der Waals surface area (Å²) in [6.07, 6.45) is 0.496. The number of amides is 1. The number of morpholine rings is 1. The number of fused-ring (bicyclic) bond motifs is 3. The Hall–Kier alpha value is -3.57. The van der Waals surface area contributed by atoms with E-state index >= 15 is 0 Å². The molecular weight excluding hydrogens is 492 g/mol. The molecule has 3 aromatic rings. The van der Waals surface area contributed by atoms with Crippen LogP contribution in [0.1, 0.15) is 40.3 Å². The average Bonchev–Trinajstić information content (AvgIpc) is 2.88. The van der Waals surface area contributed by atoms with Crippen LogP contribution in [0.3, 0.4) is 0 Å². The lowest BCUT2D eigenvalue weighted by molar-refractivity contribution is -0.153. The molecule has 0 bridgehead atoms.